The summed E-state index contributed by atoms with van der Waals surface area (Å²) in [7, 11) is 0. The SMILES string of the molecule is CC(NC(=O)C(N)C1CCOCC1)c1cccs1.Cl. The number of halogens is 1. The van der Waals surface area contributed by atoms with Gasteiger partial charge in [0.2, 0.25) is 5.91 Å². The number of rotatable bonds is 4. The van der Waals surface area contributed by atoms with Gasteiger partial charge in [0.15, 0.2) is 0 Å². The number of amides is 1. The van der Waals surface area contributed by atoms with Crippen molar-refractivity contribution in [2.24, 2.45) is 11.7 Å². The van der Waals surface area contributed by atoms with Gasteiger partial charge in [0.1, 0.15) is 0 Å². The molecular weight excluding hydrogens is 284 g/mol. The Balaban J connectivity index is 0.00000180. The zero-order valence-electron chi connectivity index (χ0n) is 11.0. The van der Waals surface area contributed by atoms with Gasteiger partial charge < -0.3 is 15.8 Å². The summed E-state index contributed by atoms with van der Waals surface area (Å²) in [5.41, 5.74) is 6.03. The van der Waals surface area contributed by atoms with Gasteiger partial charge in [-0.25, -0.2) is 0 Å². The maximum atomic E-state index is 12.1. The third-order valence-electron chi connectivity index (χ3n) is 3.41. The average Bonchev–Trinajstić information content (AvgIpc) is 2.92. The number of hydrogen-bond donors (Lipinski definition) is 2. The Bertz CT molecular complexity index is 380. The second-order valence-electron chi connectivity index (χ2n) is 4.72. The van der Waals surface area contributed by atoms with Crippen LogP contribution in [0.5, 0.6) is 0 Å². The van der Waals surface area contributed by atoms with E-state index < -0.39 is 6.04 Å². The molecule has 0 spiro atoms. The van der Waals surface area contributed by atoms with Crippen molar-refractivity contribution in [1.29, 1.82) is 0 Å². The van der Waals surface area contributed by atoms with Gasteiger partial charge in [0.05, 0.1) is 12.1 Å². The van der Waals surface area contributed by atoms with E-state index in [2.05, 4.69) is 5.32 Å². The van der Waals surface area contributed by atoms with Crippen LogP contribution >= 0.6 is 23.7 Å². The van der Waals surface area contributed by atoms with Crippen LogP contribution in [-0.2, 0) is 9.53 Å². The second kappa shape index (κ2) is 7.85. The molecule has 3 N–H and O–H groups in total. The number of carbonyl (C=O) groups is 1. The minimum Gasteiger partial charge on any atom is -0.381 e. The van der Waals surface area contributed by atoms with Gasteiger partial charge in [-0.15, -0.1) is 23.7 Å². The maximum Gasteiger partial charge on any atom is 0.237 e. The van der Waals surface area contributed by atoms with Crippen LogP contribution in [0.15, 0.2) is 17.5 Å². The van der Waals surface area contributed by atoms with Crippen LogP contribution in [0.1, 0.15) is 30.7 Å². The fraction of sp³-hybridized carbons (Fsp3) is 0.615. The molecule has 2 rings (SSSR count). The number of ether oxygens (including phenoxy) is 1. The minimum absolute atomic E-state index is 0. The molecule has 1 aliphatic heterocycles. The predicted octanol–water partition coefficient (Wildman–Crippen LogP) is 2.10. The number of hydrogen-bond acceptors (Lipinski definition) is 4. The van der Waals surface area contributed by atoms with Crippen molar-refractivity contribution >= 4 is 29.7 Å². The Morgan fingerprint density at radius 1 is 1.53 bits per heavy atom. The minimum atomic E-state index is -0.420. The summed E-state index contributed by atoms with van der Waals surface area (Å²) >= 11 is 1.64. The van der Waals surface area contributed by atoms with Crippen molar-refractivity contribution in [3.05, 3.63) is 22.4 Å². The Morgan fingerprint density at radius 2 is 2.21 bits per heavy atom. The molecule has 0 bridgehead atoms. The van der Waals surface area contributed by atoms with Crippen molar-refractivity contribution in [2.75, 3.05) is 13.2 Å². The summed E-state index contributed by atoms with van der Waals surface area (Å²) in [5.74, 6) is 0.192. The van der Waals surface area contributed by atoms with Crippen molar-refractivity contribution in [2.45, 2.75) is 31.8 Å². The highest BCUT2D eigenvalue weighted by Gasteiger charge is 2.27. The van der Waals surface area contributed by atoms with E-state index in [1.165, 1.54) is 0 Å². The molecular formula is C13H21ClN2O2S. The first-order valence-corrected chi connectivity index (χ1v) is 7.23. The van der Waals surface area contributed by atoms with Crippen molar-refractivity contribution < 1.29 is 9.53 Å². The zero-order chi connectivity index (χ0) is 13.0. The quantitative estimate of drug-likeness (QED) is 0.895. The molecule has 0 radical (unpaired) electrons. The lowest BCUT2D eigenvalue weighted by Gasteiger charge is -2.27. The van der Waals surface area contributed by atoms with E-state index in [1.54, 1.807) is 11.3 Å². The zero-order valence-corrected chi connectivity index (χ0v) is 12.6. The summed E-state index contributed by atoms with van der Waals surface area (Å²) in [4.78, 5) is 13.2. The monoisotopic (exact) mass is 304 g/mol. The molecule has 1 aliphatic rings. The van der Waals surface area contributed by atoms with Crippen LogP contribution < -0.4 is 11.1 Å². The molecule has 19 heavy (non-hydrogen) atoms. The highest BCUT2D eigenvalue weighted by molar-refractivity contribution is 7.10. The van der Waals surface area contributed by atoms with Crippen LogP contribution in [0, 0.1) is 5.92 Å². The lowest BCUT2D eigenvalue weighted by atomic mass is 9.91. The average molecular weight is 305 g/mol. The number of nitrogens with one attached hydrogen (secondary N) is 1. The Hall–Kier alpha value is -0.620. The number of thiophene rings is 1. The van der Waals surface area contributed by atoms with Crippen LogP contribution in [0.4, 0.5) is 0 Å². The third kappa shape index (κ3) is 4.45. The molecule has 1 amide bonds. The summed E-state index contributed by atoms with van der Waals surface area (Å²) in [5, 5.41) is 5.00. The van der Waals surface area contributed by atoms with Crippen molar-refractivity contribution in [1.82, 2.24) is 5.32 Å². The predicted molar refractivity (Wildman–Crippen MR) is 79.6 cm³/mol. The molecule has 0 aromatic carbocycles. The van der Waals surface area contributed by atoms with Gasteiger partial charge >= 0.3 is 0 Å². The smallest absolute Gasteiger partial charge is 0.237 e. The van der Waals surface area contributed by atoms with Gasteiger partial charge in [-0.1, -0.05) is 6.07 Å². The second-order valence-corrected chi connectivity index (χ2v) is 5.70. The molecule has 108 valence electrons. The van der Waals surface area contributed by atoms with Crippen LogP contribution in [0.25, 0.3) is 0 Å². The van der Waals surface area contributed by atoms with E-state index in [1.807, 2.05) is 24.4 Å². The van der Waals surface area contributed by atoms with Crippen LogP contribution in [0.3, 0.4) is 0 Å². The Kier molecular flexibility index (Phi) is 6.79. The van der Waals surface area contributed by atoms with E-state index in [9.17, 15) is 4.79 Å². The topological polar surface area (TPSA) is 64.4 Å². The first kappa shape index (κ1) is 16.4. The van der Waals surface area contributed by atoms with Gasteiger partial charge in [-0.2, -0.15) is 0 Å². The van der Waals surface area contributed by atoms with Gasteiger partial charge in [0, 0.05) is 18.1 Å². The van der Waals surface area contributed by atoms with Crippen molar-refractivity contribution in [3.8, 4) is 0 Å². The fourth-order valence-corrected chi connectivity index (χ4v) is 2.94. The maximum absolute atomic E-state index is 12.1. The first-order valence-electron chi connectivity index (χ1n) is 6.35. The lowest BCUT2D eigenvalue weighted by Crippen LogP contribution is -2.47. The van der Waals surface area contributed by atoms with Crippen LogP contribution in [-0.4, -0.2) is 25.2 Å². The molecule has 2 atom stereocenters. The summed E-state index contributed by atoms with van der Waals surface area (Å²) in [6, 6.07) is 3.62. The fourth-order valence-electron chi connectivity index (χ4n) is 2.21. The number of nitrogens with two attached hydrogens (primary N) is 1. The normalized spacial score (nSPS) is 19.3. The third-order valence-corrected chi connectivity index (χ3v) is 4.46. The largest absolute Gasteiger partial charge is 0.381 e. The van der Waals surface area contributed by atoms with Gasteiger partial charge in [-0.3, -0.25) is 4.79 Å². The Labute approximate surface area is 124 Å². The summed E-state index contributed by atoms with van der Waals surface area (Å²) in [6.45, 7) is 3.42. The van der Waals surface area contributed by atoms with E-state index in [-0.39, 0.29) is 30.3 Å². The molecule has 4 nitrogen and oxygen atoms in total. The molecule has 2 unspecified atom stereocenters. The van der Waals surface area contributed by atoms with Gasteiger partial charge in [0.25, 0.3) is 0 Å². The summed E-state index contributed by atoms with van der Waals surface area (Å²) in [6.07, 6.45) is 1.75. The van der Waals surface area contributed by atoms with Crippen LogP contribution in [0.2, 0.25) is 0 Å². The molecule has 6 heteroatoms. The highest BCUT2D eigenvalue weighted by atomic mass is 35.5. The molecule has 1 saturated heterocycles. The van der Waals surface area contributed by atoms with E-state index in [0.29, 0.717) is 13.2 Å². The first-order chi connectivity index (χ1) is 8.68. The molecule has 0 aliphatic carbocycles. The van der Waals surface area contributed by atoms with E-state index in [0.717, 1.165) is 17.7 Å². The van der Waals surface area contributed by atoms with E-state index >= 15 is 0 Å². The molecule has 0 saturated carbocycles. The summed E-state index contributed by atoms with van der Waals surface area (Å²) < 4.78 is 5.28. The molecule has 1 aromatic rings. The number of carbonyl (C=O) groups excluding carboxylic acids is 1. The van der Waals surface area contributed by atoms with Gasteiger partial charge in [-0.05, 0) is 37.1 Å². The molecule has 2 heterocycles. The molecule has 1 aromatic heterocycles. The molecule has 1 fully saturated rings. The standard InChI is InChI=1S/C13H20N2O2S.ClH/c1-9(11-3-2-8-18-11)15-13(16)12(14)10-4-6-17-7-5-10;/h2-3,8-10,12H,4-7,14H2,1H3,(H,15,16);1H. The van der Waals surface area contributed by atoms with E-state index in [4.69, 9.17) is 10.5 Å². The van der Waals surface area contributed by atoms with Crippen molar-refractivity contribution in [3.63, 3.8) is 0 Å². The Morgan fingerprint density at radius 3 is 2.79 bits per heavy atom. The lowest BCUT2D eigenvalue weighted by molar-refractivity contribution is -0.125. The highest BCUT2D eigenvalue weighted by Crippen LogP contribution is 2.20.